The highest BCUT2D eigenvalue weighted by Gasteiger charge is 2.15. The van der Waals surface area contributed by atoms with Crippen LogP contribution in [0.2, 0.25) is 0 Å². The summed E-state index contributed by atoms with van der Waals surface area (Å²) in [5.74, 6) is 1.08. The van der Waals surface area contributed by atoms with Gasteiger partial charge in [-0.2, -0.15) is 0 Å². The van der Waals surface area contributed by atoms with Crippen molar-refractivity contribution < 1.29 is 4.74 Å². The zero-order valence-corrected chi connectivity index (χ0v) is 12.5. The van der Waals surface area contributed by atoms with Crippen molar-refractivity contribution >= 4 is 0 Å². The van der Waals surface area contributed by atoms with Crippen LogP contribution >= 0.6 is 0 Å². The molecule has 1 aliphatic rings. The van der Waals surface area contributed by atoms with Gasteiger partial charge in [-0.25, -0.2) is 0 Å². The highest BCUT2D eigenvalue weighted by Crippen LogP contribution is 2.28. The quantitative estimate of drug-likeness (QED) is 0.741. The molecular formula is C17H27NO. The van der Waals surface area contributed by atoms with Gasteiger partial charge >= 0.3 is 0 Å². The van der Waals surface area contributed by atoms with Crippen LogP contribution in [0, 0.1) is 0 Å². The molecule has 0 fully saturated rings. The van der Waals surface area contributed by atoms with Gasteiger partial charge < -0.3 is 10.1 Å². The van der Waals surface area contributed by atoms with Crippen LogP contribution in [0.25, 0.3) is 0 Å². The van der Waals surface area contributed by atoms with Crippen molar-refractivity contribution in [3.8, 4) is 5.75 Å². The largest absolute Gasteiger partial charge is 0.493 e. The molecule has 106 valence electrons. The molecule has 1 N–H and O–H groups in total. The molecule has 1 heterocycles. The second-order valence-electron chi connectivity index (χ2n) is 5.75. The average Bonchev–Trinajstić information content (AvgIpc) is 2.86. The van der Waals surface area contributed by atoms with Gasteiger partial charge in [0.05, 0.1) is 6.61 Å². The first kappa shape index (κ1) is 14.4. The van der Waals surface area contributed by atoms with Crippen LogP contribution in [0.4, 0.5) is 0 Å². The minimum Gasteiger partial charge on any atom is -0.493 e. The third kappa shape index (κ3) is 3.97. The maximum Gasteiger partial charge on any atom is 0.122 e. The summed E-state index contributed by atoms with van der Waals surface area (Å²) in [7, 11) is 0. The summed E-state index contributed by atoms with van der Waals surface area (Å²) in [4.78, 5) is 0. The Labute approximate surface area is 117 Å². The third-order valence-electron chi connectivity index (χ3n) is 3.99. The first-order chi connectivity index (χ1) is 9.20. The van der Waals surface area contributed by atoms with E-state index in [0.717, 1.165) is 18.8 Å². The number of nitrogens with one attached hydrogen (secondary N) is 1. The van der Waals surface area contributed by atoms with Crippen LogP contribution in [-0.4, -0.2) is 12.6 Å². The Hall–Kier alpha value is -1.02. The minimum absolute atomic E-state index is 0.419. The van der Waals surface area contributed by atoms with Gasteiger partial charge in [0, 0.05) is 18.5 Å². The fraction of sp³-hybridized carbons (Fsp3) is 0.647. The van der Waals surface area contributed by atoms with E-state index in [2.05, 4.69) is 44.3 Å². The lowest BCUT2D eigenvalue weighted by molar-refractivity contribution is 0.356. The van der Waals surface area contributed by atoms with E-state index in [1.807, 2.05) is 0 Å². The molecule has 1 aromatic rings. The number of unbranched alkanes of at least 4 members (excludes halogenated alkanes) is 2. The van der Waals surface area contributed by atoms with Gasteiger partial charge in [0.1, 0.15) is 5.75 Å². The molecule has 0 aromatic heterocycles. The van der Waals surface area contributed by atoms with Crippen molar-refractivity contribution in [1.29, 1.82) is 0 Å². The molecule has 0 saturated carbocycles. The first-order valence-corrected chi connectivity index (χ1v) is 7.72. The predicted molar refractivity (Wildman–Crippen MR) is 80.8 cm³/mol. The van der Waals surface area contributed by atoms with E-state index in [1.54, 1.807) is 0 Å². The summed E-state index contributed by atoms with van der Waals surface area (Å²) >= 11 is 0. The molecule has 0 bridgehead atoms. The predicted octanol–water partition coefficient (Wildman–Crippen LogP) is 4.24. The maximum absolute atomic E-state index is 5.56. The van der Waals surface area contributed by atoms with E-state index in [0.29, 0.717) is 12.1 Å². The van der Waals surface area contributed by atoms with Crippen LogP contribution < -0.4 is 10.1 Å². The lowest BCUT2D eigenvalue weighted by Crippen LogP contribution is -2.28. The summed E-state index contributed by atoms with van der Waals surface area (Å²) in [6.45, 7) is 7.65. The maximum atomic E-state index is 5.56. The van der Waals surface area contributed by atoms with Crippen molar-refractivity contribution in [2.75, 3.05) is 6.61 Å². The normalized spacial score (nSPS) is 16.8. The minimum atomic E-state index is 0.419. The smallest absolute Gasteiger partial charge is 0.122 e. The van der Waals surface area contributed by atoms with Crippen LogP contribution in [0.1, 0.15) is 63.6 Å². The lowest BCUT2D eigenvalue weighted by atomic mass is 10.0. The van der Waals surface area contributed by atoms with E-state index in [1.165, 1.54) is 36.8 Å². The molecule has 0 aliphatic carbocycles. The highest BCUT2D eigenvalue weighted by atomic mass is 16.5. The fourth-order valence-corrected chi connectivity index (χ4v) is 2.78. The first-order valence-electron chi connectivity index (χ1n) is 7.72. The van der Waals surface area contributed by atoms with Gasteiger partial charge in [0.25, 0.3) is 0 Å². The molecule has 2 rings (SSSR count). The van der Waals surface area contributed by atoms with Gasteiger partial charge in [-0.05, 0) is 37.5 Å². The van der Waals surface area contributed by atoms with Crippen molar-refractivity contribution in [2.45, 2.75) is 65.0 Å². The molecule has 2 unspecified atom stereocenters. The van der Waals surface area contributed by atoms with Crippen molar-refractivity contribution in [3.63, 3.8) is 0 Å². The van der Waals surface area contributed by atoms with Crippen molar-refractivity contribution in [1.82, 2.24) is 5.32 Å². The van der Waals surface area contributed by atoms with E-state index >= 15 is 0 Å². The van der Waals surface area contributed by atoms with E-state index in [9.17, 15) is 0 Å². The van der Waals surface area contributed by atoms with Gasteiger partial charge in [-0.1, -0.05) is 38.3 Å². The Morgan fingerprint density at radius 3 is 2.89 bits per heavy atom. The molecule has 2 atom stereocenters. The highest BCUT2D eigenvalue weighted by molar-refractivity contribution is 5.40. The lowest BCUT2D eigenvalue weighted by Gasteiger charge is -2.21. The Balaban J connectivity index is 1.87. The molecule has 19 heavy (non-hydrogen) atoms. The molecule has 2 nitrogen and oxygen atoms in total. The molecule has 1 aliphatic heterocycles. The second-order valence-corrected chi connectivity index (χ2v) is 5.75. The summed E-state index contributed by atoms with van der Waals surface area (Å²) in [5.41, 5.74) is 2.75. The summed E-state index contributed by atoms with van der Waals surface area (Å²) in [6, 6.07) is 7.63. The number of benzene rings is 1. The van der Waals surface area contributed by atoms with Gasteiger partial charge in [0.2, 0.25) is 0 Å². The van der Waals surface area contributed by atoms with Crippen molar-refractivity contribution in [2.24, 2.45) is 0 Å². The van der Waals surface area contributed by atoms with Crippen LogP contribution in [0.5, 0.6) is 5.75 Å². The number of rotatable bonds is 7. The Kier molecular flexibility index (Phi) is 5.26. The number of hydrogen-bond acceptors (Lipinski definition) is 2. The molecule has 0 radical (unpaired) electrons. The summed E-state index contributed by atoms with van der Waals surface area (Å²) < 4.78 is 5.56. The number of fused-ring (bicyclic) bond motifs is 1. The number of hydrogen-bond donors (Lipinski definition) is 1. The molecule has 2 heteroatoms. The molecular weight excluding hydrogens is 234 g/mol. The van der Waals surface area contributed by atoms with Crippen LogP contribution in [0.15, 0.2) is 18.2 Å². The Bertz CT molecular complexity index is 402. The average molecular weight is 261 g/mol. The summed E-state index contributed by atoms with van der Waals surface area (Å²) in [6.07, 6.45) is 6.30. The second kappa shape index (κ2) is 6.95. The molecule has 0 amide bonds. The zero-order chi connectivity index (χ0) is 13.7. The Morgan fingerprint density at radius 2 is 2.11 bits per heavy atom. The van der Waals surface area contributed by atoms with Crippen LogP contribution in [-0.2, 0) is 6.42 Å². The van der Waals surface area contributed by atoms with E-state index in [4.69, 9.17) is 4.74 Å². The van der Waals surface area contributed by atoms with E-state index in [-0.39, 0.29) is 0 Å². The van der Waals surface area contributed by atoms with Crippen LogP contribution in [0.3, 0.4) is 0 Å². The summed E-state index contributed by atoms with van der Waals surface area (Å²) in [5, 5.41) is 3.71. The van der Waals surface area contributed by atoms with Gasteiger partial charge in [-0.15, -0.1) is 0 Å². The van der Waals surface area contributed by atoms with Crippen molar-refractivity contribution in [3.05, 3.63) is 29.3 Å². The van der Waals surface area contributed by atoms with Gasteiger partial charge in [0.15, 0.2) is 0 Å². The molecule has 0 spiro atoms. The van der Waals surface area contributed by atoms with E-state index < -0.39 is 0 Å². The third-order valence-corrected chi connectivity index (χ3v) is 3.99. The zero-order valence-electron chi connectivity index (χ0n) is 12.5. The Morgan fingerprint density at radius 1 is 1.26 bits per heavy atom. The fourth-order valence-electron chi connectivity index (χ4n) is 2.78. The topological polar surface area (TPSA) is 21.3 Å². The number of ether oxygens (including phenoxy) is 1. The molecule has 1 aromatic carbocycles. The monoisotopic (exact) mass is 261 g/mol. The standard InChI is InChI=1S/C17H27NO/c1-4-5-6-7-13(2)18-14(3)15-8-9-17-16(12-15)10-11-19-17/h8-9,12-14,18H,4-7,10-11H2,1-3H3. The SMILES string of the molecule is CCCCCC(C)NC(C)c1ccc2c(c1)CCO2. The molecule has 0 saturated heterocycles. The van der Waals surface area contributed by atoms with Gasteiger partial charge in [-0.3, -0.25) is 0 Å².